The number of hydrogen-bond acceptors (Lipinski definition) is 2. The van der Waals surface area contributed by atoms with E-state index in [4.69, 9.17) is 0 Å². The fourth-order valence-corrected chi connectivity index (χ4v) is 2.74. The lowest BCUT2D eigenvalue weighted by Crippen LogP contribution is -2.41. The van der Waals surface area contributed by atoms with Gasteiger partial charge in [-0.2, -0.15) is 0 Å². The maximum atomic E-state index is 12.2. The molecule has 3 heteroatoms. The molecule has 16 heavy (non-hydrogen) atoms. The van der Waals surface area contributed by atoms with Gasteiger partial charge in [-0.05, 0) is 38.8 Å². The summed E-state index contributed by atoms with van der Waals surface area (Å²) in [4.78, 5) is 16.6. The highest BCUT2D eigenvalue weighted by atomic mass is 16.2. The molecule has 0 unspecified atom stereocenters. The Kier molecular flexibility index (Phi) is 3.99. The van der Waals surface area contributed by atoms with Gasteiger partial charge >= 0.3 is 0 Å². The molecule has 0 aromatic carbocycles. The fraction of sp³-hybridized carbons (Fsp3) is 0.769. The Morgan fingerprint density at radius 3 is 2.38 bits per heavy atom. The van der Waals surface area contributed by atoms with E-state index >= 15 is 0 Å². The lowest BCUT2D eigenvalue weighted by Gasteiger charge is -2.32. The highest BCUT2D eigenvalue weighted by Crippen LogP contribution is 2.21. The summed E-state index contributed by atoms with van der Waals surface area (Å²) in [7, 11) is 0. The minimum Gasteiger partial charge on any atom is -0.342 e. The number of piperidine rings is 1. The smallest absolute Gasteiger partial charge is 0.225 e. The van der Waals surface area contributed by atoms with Crippen LogP contribution in [-0.2, 0) is 4.79 Å². The number of carbonyl (C=O) groups excluding carboxylic acids is 1. The van der Waals surface area contributed by atoms with Gasteiger partial charge in [0.1, 0.15) is 0 Å². The van der Waals surface area contributed by atoms with Gasteiger partial charge in [0, 0.05) is 25.6 Å². The number of carbonyl (C=O) groups is 1. The average molecular weight is 222 g/mol. The molecule has 2 aliphatic rings. The number of amides is 1. The van der Waals surface area contributed by atoms with Crippen LogP contribution in [0.4, 0.5) is 0 Å². The van der Waals surface area contributed by atoms with Gasteiger partial charge in [0.2, 0.25) is 5.91 Å². The molecular weight excluding hydrogens is 200 g/mol. The Labute approximate surface area is 98.1 Å². The molecular formula is C13H22N2O. The van der Waals surface area contributed by atoms with E-state index in [2.05, 4.69) is 16.4 Å². The standard InChI is InChI=1S/C13H22N2O/c1-2-7-14-10-5-12(6-11-14)13(16)15-8-3-4-9-15/h2,12H,1,3-11H2. The normalized spacial score (nSPS) is 23.6. The molecule has 0 bridgehead atoms. The number of likely N-dealkylation sites (tertiary alicyclic amines) is 2. The zero-order chi connectivity index (χ0) is 11.4. The molecule has 2 saturated heterocycles. The van der Waals surface area contributed by atoms with Gasteiger partial charge in [0.05, 0.1) is 0 Å². The van der Waals surface area contributed by atoms with Gasteiger partial charge in [-0.15, -0.1) is 6.58 Å². The van der Waals surface area contributed by atoms with Gasteiger partial charge in [-0.3, -0.25) is 9.69 Å². The molecule has 0 radical (unpaired) electrons. The number of hydrogen-bond donors (Lipinski definition) is 0. The maximum Gasteiger partial charge on any atom is 0.225 e. The molecule has 2 rings (SSSR count). The molecule has 0 atom stereocenters. The Hall–Kier alpha value is -0.830. The molecule has 0 saturated carbocycles. The summed E-state index contributed by atoms with van der Waals surface area (Å²) >= 11 is 0. The van der Waals surface area contributed by atoms with Crippen molar-refractivity contribution >= 4 is 5.91 Å². The highest BCUT2D eigenvalue weighted by Gasteiger charge is 2.29. The van der Waals surface area contributed by atoms with Crippen LogP contribution < -0.4 is 0 Å². The van der Waals surface area contributed by atoms with E-state index in [9.17, 15) is 4.79 Å². The van der Waals surface area contributed by atoms with Gasteiger partial charge in [0.25, 0.3) is 0 Å². The third-order valence-electron chi connectivity index (χ3n) is 3.74. The van der Waals surface area contributed by atoms with E-state index in [0.717, 1.165) is 45.6 Å². The van der Waals surface area contributed by atoms with Crippen LogP contribution in [-0.4, -0.2) is 48.4 Å². The van der Waals surface area contributed by atoms with Crippen molar-refractivity contribution in [1.82, 2.24) is 9.80 Å². The molecule has 1 amide bonds. The van der Waals surface area contributed by atoms with Crippen LogP contribution in [0, 0.1) is 5.92 Å². The Morgan fingerprint density at radius 1 is 1.19 bits per heavy atom. The summed E-state index contributed by atoms with van der Waals surface area (Å²) < 4.78 is 0. The van der Waals surface area contributed by atoms with Crippen molar-refractivity contribution in [3.05, 3.63) is 12.7 Å². The fourth-order valence-electron chi connectivity index (χ4n) is 2.74. The third-order valence-corrected chi connectivity index (χ3v) is 3.74. The van der Waals surface area contributed by atoms with E-state index in [1.165, 1.54) is 12.8 Å². The zero-order valence-corrected chi connectivity index (χ0v) is 10.0. The first-order valence-electron chi connectivity index (χ1n) is 6.43. The highest BCUT2D eigenvalue weighted by molar-refractivity contribution is 5.79. The van der Waals surface area contributed by atoms with Crippen LogP contribution in [0.2, 0.25) is 0 Å². The predicted molar refractivity (Wildman–Crippen MR) is 65.2 cm³/mol. The van der Waals surface area contributed by atoms with E-state index in [1.807, 2.05) is 6.08 Å². The first kappa shape index (κ1) is 11.6. The van der Waals surface area contributed by atoms with Crippen LogP contribution in [0.1, 0.15) is 25.7 Å². The van der Waals surface area contributed by atoms with Gasteiger partial charge < -0.3 is 4.90 Å². The average Bonchev–Trinajstić information content (AvgIpc) is 2.83. The molecule has 90 valence electrons. The van der Waals surface area contributed by atoms with Crippen LogP contribution in [0.15, 0.2) is 12.7 Å². The van der Waals surface area contributed by atoms with Gasteiger partial charge in [0.15, 0.2) is 0 Å². The van der Waals surface area contributed by atoms with Crippen molar-refractivity contribution < 1.29 is 4.79 Å². The van der Waals surface area contributed by atoms with Crippen molar-refractivity contribution in [2.75, 3.05) is 32.7 Å². The third kappa shape index (κ3) is 2.64. The lowest BCUT2D eigenvalue weighted by atomic mass is 9.95. The van der Waals surface area contributed by atoms with Crippen LogP contribution >= 0.6 is 0 Å². The SMILES string of the molecule is C=CCN1CCC(C(=O)N2CCCC2)CC1. The van der Waals surface area contributed by atoms with Crippen LogP contribution in [0.25, 0.3) is 0 Å². The van der Waals surface area contributed by atoms with Crippen LogP contribution in [0.5, 0.6) is 0 Å². The van der Waals surface area contributed by atoms with E-state index in [0.29, 0.717) is 11.8 Å². The molecule has 0 aromatic heterocycles. The predicted octanol–water partition coefficient (Wildman–Crippen LogP) is 1.51. The topological polar surface area (TPSA) is 23.6 Å². The molecule has 0 aliphatic carbocycles. The summed E-state index contributed by atoms with van der Waals surface area (Å²) in [6, 6.07) is 0. The molecule has 0 aromatic rings. The molecule has 2 aliphatic heterocycles. The summed E-state index contributed by atoms with van der Waals surface area (Å²) in [6.45, 7) is 8.81. The monoisotopic (exact) mass is 222 g/mol. The number of rotatable bonds is 3. The summed E-state index contributed by atoms with van der Waals surface area (Å²) in [5, 5.41) is 0. The lowest BCUT2D eigenvalue weighted by molar-refractivity contribution is -0.135. The second-order valence-electron chi connectivity index (χ2n) is 4.90. The Bertz CT molecular complexity index is 251. The second kappa shape index (κ2) is 5.48. The van der Waals surface area contributed by atoms with Gasteiger partial charge in [-0.1, -0.05) is 6.08 Å². The molecule has 3 nitrogen and oxygen atoms in total. The maximum absolute atomic E-state index is 12.2. The first-order chi connectivity index (χ1) is 7.81. The van der Waals surface area contributed by atoms with E-state index in [1.54, 1.807) is 0 Å². The Morgan fingerprint density at radius 2 is 1.81 bits per heavy atom. The minimum absolute atomic E-state index is 0.291. The van der Waals surface area contributed by atoms with E-state index < -0.39 is 0 Å². The summed E-state index contributed by atoms with van der Waals surface area (Å²) in [5.41, 5.74) is 0. The molecule has 0 spiro atoms. The van der Waals surface area contributed by atoms with Crippen molar-refractivity contribution in [1.29, 1.82) is 0 Å². The van der Waals surface area contributed by atoms with Crippen molar-refractivity contribution in [2.45, 2.75) is 25.7 Å². The minimum atomic E-state index is 0.291. The van der Waals surface area contributed by atoms with E-state index in [-0.39, 0.29) is 0 Å². The van der Waals surface area contributed by atoms with Crippen LogP contribution in [0.3, 0.4) is 0 Å². The summed E-state index contributed by atoms with van der Waals surface area (Å²) in [5.74, 6) is 0.704. The van der Waals surface area contributed by atoms with Crippen molar-refractivity contribution in [3.8, 4) is 0 Å². The summed E-state index contributed by atoms with van der Waals surface area (Å²) in [6.07, 6.45) is 6.40. The zero-order valence-electron chi connectivity index (χ0n) is 10.0. The number of nitrogens with zero attached hydrogens (tertiary/aromatic N) is 2. The second-order valence-corrected chi connectivity index (χ2v) is 4.90. The first-order valence-corrected chi connectivity index (χ1v) is 6.43. The molecule has 2 heterocycles. The Balaban J connectivity index is 1.79. The van der Waals surface area contributed by atoms with Crippen molar-refractivity contribution in [2.24, 2.45) is 5.92 Å². The molecule has 0 N–H and O–H groups in total. The largest absolute Gasteiger partial charge is 0.342 e. The quantitative estimate of drug-likeness (QED) is 0.676. The van der Waals surface area contributed by atoms with Gasteiger partial charge in [-0.25, -0.2) is 0 Å². The van der Waals surface area contributed by atoms with Crippen molar-refractivity contribution in [3.63, 3.8) is 0 Å². The molecule has 2 fully saturated rings.